The van der Waals surface area contributed by atoms with E-state index < -0.39 is 0 Å². The Kier molecular flexibility index (Phi) is 9.26. The second-order valence-electron chi connectivity index (χ2n) is 7.50. The molecule has 9 nitrogen and oxygen atoms in total. The molecule has 1 aliphatic heterocycles. The number of amides is 1. The fourth-order valence-electron chi connectivity index (χ4n) is 3.47. The van der Waals surface area contributed by atoms with Gasteiger partial charge in [0.25, 0.3) is 5.91 Å². The van der Waals surface area contributed by atoms with Crippen LogP contribution in [0.2, 0.25) is 5.02 Å². The molecule has 1 aromatic carbocycles. The molecule has 1 fully saturated rings. The summed E-state index contributed by atoms with van der Waals surface area (Å²) in [6.07, 6.45) is 3.27. The van der Waals surface area contributed by atoms with E-state index in [0.717, 1.165) is 37.4 Å². The number of anilines is 2. The number of nitrogens with one attached hydrogen (secondary N) is 3. The first kappa shape index (κ1) is 25.5. The third-order valence-corrected chi connectivity index (χ3v) is 5.55. The van der Waals surface area contributed by atoms with E-state index in [-0.39, 0.29) is 18.3 Å². The van der Waals surface area contributed by atoms with Gasteiger partial charge in [0.05, 0.1) is 24.4 Å². The summed E-state index contributed by atoms with van der Waals surface area (Å²) >= 11 is 6.26. The van der Waals surface area contributed by atoms with Crippen molar-refractivity contribution in [3.05, 3.63) is 70.6 Å². The van der Waals surface area contributed by atoms with Gasteiger partial charge in [-0.25, -0.2) is 4.98 Å². The Balaban J connectivity index is 0.00000324. The molecule has 0 spiro atoms. The van der Waals surface area contributed by atoms with E-state index in [1.165, 1.54) is 0 Å². The van der Waals surface area contributed by atoms with Gasteiger partial charge in [-0.2, -0.15) is 4.98 Å². The number of rotatable bonds is 8. The molecular weight excluding hydrogens is 477 g/mol. The van der Waals surface area contributed by atoms with Crippen molar-refractivity contribution < 1.29 is 9.53 Å². The molecule has 0 unspecified atom stereocenters. The Morgan fingerprint density at radius 2 is 2.00 bits per heavy atom. The average Bonchev–Trinajstić information content (AvgIpc) is 2.87. The summed E-state index contributed by atoms with van der Waals surface area (Å²) in [4.78, 5) is 28.4. The highest BCUT2D eigenvalue weighted by molar-refractivity contribution is 6.32. The van der Waals surface area contributed by atoms with Crippen LogP contribution in [0.25, 0.3) is 0 Å². The van der Waals surface area contributed by atoms with Crippen LogP contribution in [0.3, 0.4) is 0 Å². The van der Waals surface area contributed by atoms with Gasteiger partial charge in [0.2, 0.25) is 5.95 Å². The largest absolute Gasteiger partial charge is 0.495 e. The number of aromatic nitrogens is 3. The Labute approximate surface area is 209 Å². The number of piperazine rings is 1. The first-order chi connectivity index (χ1) is 16.1. The average molecular weight is 504 g/mol. The number of pyridine rings is 1. The maximum absolute atomic E-state index is 13.0. The van der Waals surface area contributed by atoms with Gasteiger partial charge in [0, 0.05) is 45.1 Å². The lowest BCUT2D eigenvalue weighted by Crippen LogP contribution is -2.44. The topological polar surface area (TPSA) is 104 Å². The van der Waals surface area contributed by atoms with Crippen molar-refractivity contribution in [1.82, 2.24) is 25.6 Å². The maximum atomic E-state index is 13.0. The van der Waals surface area contributed by atoms with E-state index in [0.29, 0.717) is 41.2 Å². The van der Waals surface area contributed by atoms with Crippen molar-refractivity contribution >= 4 is 41.7 Å². The van der Waals surface area contributed by atoms with E-state index in [1.54, 1.807) is 19.5 Å². The summed E-state index contributed by atoms with van der Waals surface area (Å²) in [6.45, 7) is 4.08. The SMILES string of the molecule is COc1ccc(CNc2nc(N3CCNCC3)ncc2C(=O)NCc2ccccn2)cc1Cl.Cl. The van der Waals surface area contributed by atoms with Gasteiger partial charge in [0.1, 0.15) is 17.1 Å². The zero-order valence-electron chi connectivity index (χ0n) is 18.8. The summed E-state index contributed by atoms with van der Waals surface area (Å²) in [6, 6.07) is 11.1. The van der Waals surface area contributed by atoms with Gasteiger partial charge in [-0.1, -0.05) is 23.7 Å². The molecule has 3 aromatic rings. The van der Waals surface area contributed by atoms with E-state index >= 15 is 0 Å². The fraction of sp³-hybridized carbons (Fsp3) is 0.304. The van der Waals surface area contributed by atoms with Crippen LogP contribution in [0.4, 0.5) is 11.8 Å². The predicted octanol–water partition coefficient (Wildman–Crippen LogP) is 2.91. The minimum Gasteiger partial charge on any atom is -0.495 e. The Morgan fingerprint density at radius 1 is 1.18 bits per heavy atom. The van der Waals surface area contributed by atoms with Crippen LogP contribution < -0.4 is 25.6 Å². The van der Waals surface area contributed by atoms with Crippen LogP contribution in [0.15, 0.2) is 48.8 Å². The molecule has 0 aliphatic carbocycles. The summed E-state index contributed by atoms with van der Waals surface area (Å²) in [5.74, 6) is 1.39. The zero-order chi connectivity index (χ0) is 23.0. The minimum absolute atomic E-state index is 0. The minimum atomic E-state index is -0.275. The van der Waals surface area contributed by atoms with Crippen LogP contribution in [0, 0.1) is 0 Å². The van der Waals surface area contributed by atoms with Gasteiger partial charge in [-0.15, -0.1) is 12.4 Å². The first-order valence-corrected chi connectivity index (χ1v) is 11.1. The second-order valence-corrected chi connectivity index (χ2v) is 7.90. The first-order valence-electron chi connectivity index (χ1n) is 10.7. The van der Waals surface area contributed by atoms with Gasteiger partial charge >= 0.3 is 0 Å². The molecule has 34 heavy (non-hydrogen) atoms. The number of benzene rings is 1. The van der Waals surface area contributed by atoms with Crippen LogP contribution in [0.1, 0.15) is 21.6 Å². The number of ether oxygens (including phenoxy) is 1. The van der Waals surface area contributed by atoms with Crippen LogP contribution >= 0.6 is 24.0 Å². The number of hydrogen-bond acceptors (Lipinski definition) is 8. The standard InChI is InChI=1S/C23H26ClN7O2.ClH/c1-33-20-6-5-16(12-19(20)24)13-27-21-18(22(32)28-14-17-4-2-3-7-26-17)15-29-23(30-21)31-10-8-25-9-11-31;/h2-7,12,15,25H,8-11,13-14H2,1H3,(H,28,32)(H,27,29,30);1H. The number of halogens is 2. The molecule has 4 rings (SSSR count). The molecule has 0 atom stereocenters. The van der Waals surface area contributed by atoms with E-state index in [9.17, 15) is 4.79 Å². The number of hydrogen-bond donors (Lipinski definition) is 3. The highest BCUT2D eigenvalue weighted by Gasteiger charge is 2.19. The van der Waals surface area contributed by atoms with Crippen molar-refractivity contribution in [3.63, 3.8) is 0 Å². The number of carbonyl (C=O) groups is 1. The Morgan fingerprint density at radius 3 is 2.71 bits per heavy atom. The molecule has 1 amide bonds. The van der Waals surface area contributed by atoms with E-state index in [2.05, 4.69) is 35.8 Å². The monoisotopic (exact) mass is 503 g/mol. The van der Waals surface area contributed by atoms with Crippen molar-refractivity contribution in [2.45, 2.75) is 13.1 Å². The lowest BCUT2D eigenvalue weighted by Gasteiger charge is -2.27. The van der Waals surface area contributed by atoms with Gasteiger partial charge in [0.15, 0.2) is 0 Å². The number of carbonyl (C=O) groups excluding carboxylic acids is 1. The maximum Gasteiger partial charge on any atom is 0.256 e. The highest BCUT2D eigenvalue weighted by atomic mass is 35.5. The summed E-state index contributed by atoms with van der Waals surface area (Å²) < 4.78 is 5.22. The number of methoxy groups -OCH3 is 1. The van der Waals surface area contributed by atoms with Crippen LogP contribution in [-0.2, 0) is 13.1 Å². The molecule has 0 bridgehead atoms. The Hall–Kier alpha value is -3.14. The fourth-order valence-corrected chi connectivity index (χ4v) is 3.75. The third-order valence-electron chi connectivity index (χ3n) is 5.25. The molecule has 0 radical (unpaired) electrons. The van der Waals surface area contributed by atoms with Crippen molar-refractivity contribution in [3.8, 4) is 5.75 Å². The molecular formula is C23H27Cl2N7O2. The molecule has 2 aromatic heterocycles. The van der Waals surface area contributed by atoms with Crippen LogP contribution in [0.5, 0.6) is 5.75 Å². The predicted molar refractivity (Wildman–Crippen MR) is 135 cm³/mol. The summed E-state index contributed by atoms with van der Waals surface area (Å²) in [5, 5.41) is 10.0. The van der Waals surface area contributed by atoms with Gasteiger partial charge in [-0.3, -0.25) is 9.78 Å². The summed E-state index contributed by atoms with van der Waals surface area (Å²) in [5.41, 5.74) is 2.07. The highest BCUT2D eigenvalue weighted by Crippen LogP contribution is 2.26. The van der Waals surface area contributed by atoms with Crippen molar-refractivity contribution in [1.29, 1.82) is 0 Å². The summed E-state index contributed by atoms with van der Waals surface area (Å²) in [7, 11) is 1.58. The lowest BCUT2D eigenvalue weighted by atomic mass is 10.2. The van der Waals surface area contributed by atoms with Gasteiger partial charge in [-0.05, 0) is 29.8 Å². The smallest absolute Gasteiger partial charge is 0.256 e. The molecule has 3 heterocycles. The molecule has 0 saturated carbocycles. The van der Waals surface area contributed by atoms with Crippen molar-refractivity contribution in [2.24, 2.45) is 0 Å². The molecule has 3 N–H and O–H groups in total. The normalized spacial score (nSPS) is 13.1. The van der Waals surface area contributed by atoms with E-state index in [4.69, 9.17) is 16.3 Å². The lowest BCUT2D eigenvalue weighted by molar-refractivity contribution is 0.0950. The third kappa shape index (κ3) is 6.47. The molecule has 11 heteroatoms. The second kappa shape index (κ2) is 12.4. The molecule has 1 saturated heterocycles. The molecule has 180 valence electrons. The van der Waals surface area contributed by atoms with Gasteiger partial charge < -0.3 is 25.6 Å². The quantitative estimate of drug-likeness (QED) is 0.430. The van der Waals surface area contributed by atoms with E-state index in [1.807, 2.05) is 36.4 Å². The number of nitrogens with zero attached hydrogens (tertiary/aromatic N) is 4. The zero-order valence-corrected chi connectivity index (χ0v) is 20.3. The van der Waals surface area contributed by atoms with Crippen molar-refractivity contribution in [2.75, 3.05) is 43.5 Å². The molecule has 1 aliphatic rings. The van der Waals surface area contributed by atoms with Crippen LogP contribution in [-0.4, -0.2) is 54.1 Å². The Bertz CT molecular complexity index is 1100.